The minimum Gasteiger partial charge on any atom is -0.452 e. The fraction of sp³-hybridized carbons (Fsp3) is 0.100. The molecule has 2 rings (SSSR count). The van der Waals surface area contributed by atoms with Crippen molar-refractivity contribution in [3.8, 4) is 0 Å². The van der Waals surface area contributed by atoms with E-state index in [9.17, 15) is 4.79 Å². The number of carbonyl (C=O) groups excluding carboxylic acids is 1. The van der Waals surface area contributed by atoms with Gasteiger partial charge in [-0.05, 0) is 36.7 Å². The first kappa shape index (κ1) is 9.49. The second-order valence-corrected chi connectivity index (χ2v) is 4.48. The van der Waals surface area contributed by atoms with E-state index in [1.165, 1.54) is 17.6 Å². The van der Waals surface area contributed by atoms with Gasteiger partial charge in [-0.25, -0.2) is 0 Å². The molecule has 0 amide bonds. The van der Waals surface area contributed by atoms with Gasteiger partial charge < -0.3 is 4.42 Å². The van der Waals surface area contributed by atoms with Gasteiger partial charge in [-0.3, -0.25) is 4.79 Å². The number of halogens is 1. The number of hydrogen-bond acceptors (Lipinski definition) is 3. The molecule has 0 aromatic carbocycles. The van der Waals surface area contributed by atoms with Crippen LogP contribution in [0.1, 0.15) is 20.1 Å². The Hall–Kier alpha value is -1.06. The molecule has 72 valence electrons. The van der Waals surface area contributed by atoms with Crippen LogP contribution in [0.2, 0.25) is 5.22 Å². The Labute approximate surface area is 90.1 Å². The van der Waals surface area contributed by atoms with Crippen LogP contribution in [0.3, 0.4) is 0 Å². The molecule has 0 aliphatic heterocycles. The van der Waals surface area contributed by atoms with Crippen LogP contribution >= 0.6 is 22.9 Å². The van der Waals surface area contributed by atoms with Crippen LogP contribution < -0.4 is 0 Å². The molecule has 2 aromatic heterocycles. The van der Waals surface area contributed by atoms with E-state index in [0.717, 1.165) is 4.88 Å². The maximum Gasteiger partial charge on any atom is 0.207 e. The number of carbonyl (C=O) groups is 1. The second kappa shape index (κ2) is 3.59. The topological polar surface area (TPSA) is 30.2 Å². The van der Waals surface area contributed by atoms with Gasteiger partial charge in [-0.1, -0.05) is 0 Å². The van der Waals surface area contributed by atoms with E-state index in [0.29, 0.717) is 10.4 Å². The largest absolute Gasteiger partial charge is 0.452 e. The molecule has 0 aliphatic rings. The van der Waals surface area contributed by atoms with Crippen LogP contribution in [0, 0.1) is 6.92 Å². The molecule has 0 N–H and O–H groups in total. The monoisotopic (exact) mass is 226 g/mol. The van der Waals surface area contributed by atoms with Crippen molar-refractivity contribution in [3.05, 3.63) is 45.0 Å². The van der Waals surface area contributed by atoms with Crippen molar-refractivity contribution in [1.82, 2.24) is 0 Å². The highest BCUT2D eigenvalue weighted by Gasteiger charge is 2.16. The molecule has 0 fully saturated rings. The van der Waals surface area contributed by atoms with E-state index in [1.807, 2.05) is 13.0 Å². The molecule has 0 unspecified atom stereocenters. The average molecular weight is 227 g/mol. The molecule has 14 heavy (non-hydrogen) atoms. The number of hydrogen-bond donors (Lipinski definition) is 0. The van der Waals surface area contributed by atoms with E-state index >= 15 is 0 Å². The zero-order chi connectivity index (χ0) is 10.1. The molecular weight excluding hydrogens is 220 g/mol. The number of furan rings is 1. The minimum atomic E-state index is -0.0816. The number of aryl methyl sites for hydroxylation is 1. The average Bonchev–Trinajstić information content (AvgIpc) is 2.73. The first-order valence-electron chi connectivity index (χ1n) is 4.02. The lowest BCUT2D eigenvalue weighted by molar-refractivity contribution is 0.104. The van der Waals surface area contributed by atoms with Crippen molar-refractivity contribution < 1.29 is 9.21 Å². The molecule has 0 saturated heterocycles. The Morgan fingerprint density at radius 2 is 2.21 bits per heavy atom. The summed E-state index contributed by atoms with van der Waals surface area (Å²) in [4.78, 5) is 13.6. The molecule has 2 heterocycles. The van der Waals surface area contributed by atoms with Crippen LogP contribution in [0.5, 0.6) is 0 Å². The van der Waals surface area contributed by atoms with Crippen LogP contribution in [0.15, 0.2) is 28.9 Å². The van der Waals surface area contributed by atoms with Crippen LogP contribution in [-0.2, 0) is 0 Å². The van der Waals surface area contributed by atoms with Crippen LogP contribution in [-0.4, -0.2) is 5.78 Å². The molecule has 4 heteroatoms. The van der Waals surface area contributed by atoms with Gasteiger partial charge in [0.05, 0.1) is 16.7 Å². The summed E-state index contributed by atoms with van der Waals surface area (Å²) in [6.07, 6.45) is 1.41. The summed E-state index contributed by atoms with van der Waals surface area (Å²) in [6, 6.07) is 5.29. The van der Waals surface area contributed by atoms with E-state index < -0.39 is 0 Å². The fourth-order valence-corrected chi connectivity index (χ4v) is 2.17. The first-order valence-corrected chi connectivity index (χ1v) is 5.22. The standard InChI is InChI=1S/C10H7ClO2S/c1-6-2-3-8(14-6)9(12)7-4-5-13-10(7)11/h2-5H,1H3. The Morgan fingerprint density at radius 3 is 2.71 bits per heavy atom. The summed E-state index contributed by atoms with van der Waals surface area (Å²) < 4.78 is 4.86. The third-order valence-electron chi connectivity index (χ3n) is 1.83. The highest BCUT2D eigenvalue weighted by Crippen LogP contribution is 2.24. The zero-order valence-electron chi connectivity index (χ0n) is 7.41. The first-order chi connectivity index (χ1) is 6.68. The second-order valence-electron chi connectivity index (χ2n) is 2.85. The zero-order valence-corrected chi connectivity index (χ0v) is 8.98. The Morgan fingerprint density at radius 1 is 1.43 bits per heavy atom. The predicted octanol–water partition coefficient (Wildman–Crippen LogP) is 3.53. The van der Waals surface area contributed by atoms with Gasteiger partial charge in [0.1, 0.15) is 0 Å². The maximum absolute atomic E-state index is 11.8. The third-order valence-corrected chi connectivity index (χ3v) is 3.12. The molecule has 0 spiro atoms. The lowest BCUT2D eigenvalue weighted by Crippen LogP contribution is -1.96. The summed E-state index contributed by atoms with van der Waals surface area (Å²) in [5.41, 5.74) is 0.425. The highest BCUT2D eigenvalue weighted by molar-refractivity contribution is 7.14. The molecule has 0 saturated carbocycles. The van der Waals surface area contributed by atoms with Crippen molar-refractivity contribution in [2.75, 3.05) is 0 Å². The summed E-state index contributed by atoms with van der Waals surface area (Å²) >= 11 is 7.16. The molecule has 0 radical (unpaired) electrons. The van der Waals surface area contributed by atoms with Crippen molar-refractivity contribution in [1.29, 1.82) is 0 Å². The highest BCUT2D eigenvalue weighted by atomic mass is 35.5. The molecule has 0 bridgehead atoms. The lowest BCUT2D eigenvalue weighted by Gasteiger charge is -1.92. The number of thiophene rings is 1. The summed E-state index contributed by atoms with van der Waals surface area (Å²) in [7, 11) is 0. The normalized spacial score (nSPS) is 10.4. The van der Waals surface area contributed by atoms with E-state index in [-0.39, 0.29) is 11.0 Å². The smallest absolute Gasteiger partial charge is 0.207 e. The van der Waals surface area contributed by atoms with Gasteiger partial charge in [0.25, 0.3) is 0 Å². The van der Waals surface area contributed by atoms with E-state index in [2.05, 4.69) is 0 Å². The van der Waals surface area contributed by atoms with Gasteiger partial charge in [0, 0.05) is 4.88 Å². The van der Waals surface area contributed by atoms with Crippen molar-refractivity contribution in [2.24, 2.45) is 0 Å². The Kier molecular flexibility index (Phi) is 2.44. The van der Waals surface area contributed by atoms with Crippen molar-refractivity contribution >= 4 is 28.7 Å². The van der Waals surface area contributed by atoms with Gasteiger partial charge in [-0.15, -0.1) is 11.3 Å². The summed E-state index contributed by atoms with van der Waals surface area (Å²) in [5, 5.41) is 0.154. The summed E-state index contributed by atoms with van der Waals surface area (Å²) in [6.45, 7) is 1.96. The van der Waals surface area contributed by atoms with Crippen LogP contribution in [0.25, 0.3) is 0 Å². The quantitative estimate of drug-likeness (QED) is 0.734. The molecule has 0 atom stereocenters. The molecule has 0 aliphatic carbocycles. The van der Waals surface area contributed by atoms with Gasteiger partial charge in [0.15, 0.2) is 0 Å². The van der Waals surface area contributed by atoms with E-state index in [1.54, 1.807) is 12.1 Å². The van der Waals surface area contributed by atoms with Gasteiger partial charge >= 0.3 is 0 Å². The third kappa shape index (κ3) is 1.61. The van der Waals surface area contributed by atoms with Crippen molar-refractivity contribution in [2.45, 2.75) is 6.92 Å². The minimum absolute atomic E-state index is 0.0816. The van der Waals surface area contributed by atoms with E-state index in [4.69, 9.17) is 16.0 Å². The van der Waals surface area contributed by atoms with Crippen LogP contribution in [0.4, 0.5) is 0 Å². The van der Waals surface area contributed by atoms with Crippen molar-refractivity contribution in [3.63, 3.8) is 0 Å². The fourth-order valence-electron chi connectivity index (χ4n) is 1.15. The number of rotatable bonds is 2. The molecular formula is C10H7ClO2S. The predicted molar refractivity (Wildman–Crippen MR) is 56.2 cm³/mol. The molecule has 2 nitrogen and oxygen atoms in total. The molecule has 2 aromatic rings. The van der Waals surface area contributed by atoms with Gasteiger partial charge in [-0.2, -0.15) is 0 Å². The summed E-state index contributed by atoms with van der Waals surface area (Å²) in [5.74, 6) is -0.0816. The SMILES string of the molecule is Cc1ccc(C(=O)c2ccoc2Cl)s1. The Balaban J connectivity index is 2.38. The lowest BCUT2D eigenvalue weighted by atomic mass is 10.2. The number of ketones is 1. The maximum atomic E-state index is 11.8. The Bertz CT molecular complexity index is 470. The van der Waals surface area contributed by atoms with Gasteiger partial charge in [0.2, 0.25) is 11.0 Å².